The second kappa shape index (κ2) is 8.25. The second-order valence-electron chi connectivity index (χ2n) is 7.51. The van der Waals surface area contributed by atoms with E-state index < -0.39 is 10.2 Å². The van der Waals surface area contributed by atoms with E-state index in [1.807, 2.05) is 18.2 Å². The van der Waals surface area contributed by atoms with E-state index in [4.69, 9.17) is 4.74 Å². The van der Waals surface area contributed by atoms with Crippen LogP contribution in [0.15, 0.2) is 24.3 Å². The van der Waals surface area contributed by atoms with E-state index in [1.54, 1.807) is 18.4 Å². The average Bonchev–Trinajstić information content (AvgIpc) is 2.94. The molecule has 2 bridgehead atoms. The van der Waals surface area contributed by atoms with Gasteiger partial charge in [-0.25, -0.2) is 0 Å². The monoisotopic (exact) mass is 381 g/mol. The van der Waals surface area contributed by atoms with Crippen LogP contribution in [0.3, 0.4) is 0 Å². The number of aryl methyl sites for hydroxylation is 1. The largest absolute Gasteiger partial charge is 0.492 e. The van der Waals surface area contributed by atoms with Crippen LogP contribution >= 0.6 is 0 Å². The van der Waals surface area contributed by atoms with Crippen LogP contribution in [-0.2, 0) is 16.6 Å². The van der Waals surface area contributed by atoms with Crippen molar-refractivity contribution in [1.29, 1.82) is 0 Å². The van der Waals surface area contributed by atoms with E-state index >= 15 is 0 Å². The summed E-state index contributed by atoms with van der Waals surface area (Å²) in [7, 11) is -0.116. The van der Waals surface area contributed by atoms with E-state index in [0.717, 1.165) is 38.1 Å². The maximum Gasteiger partial charge on any atom is 0.281 e. The van der Waals surface area contributed by atoms with Gasteiger partial charge in [0.05, 0.1) is 0 Å². The van der Waals surface area contributed by atoms with Crippen LogP contribution in [0.4, 0.5) is 0 Å². The first-order chi connectivity index (χ1) is 12.4. The Morgan fingerprint density at radius 3 is 2.65 bits per heavy atom. The smallest absolute Gasteiger partial charge is 0.281 e. The Hall–Kier alpha value is -1.15. The summed E-state index contributed by atoms with van der Waals surface area (Å²) in [5.41, 5.74) is 1.23. The minimum absolute atomic E-state index is 0.286. The van der Waals surface area contributed by atoms with Gasteiger partial charge in [-0.1, -0.05) is 25.1 Å². The molecule has 146 valence electrons. The van der Waals surface area contributed by atoms with Gasteiger partial charge < -0.3 is 4.74 Å². The summed E-state index contributed by atoms with van der Waals surface area (Å²) < 4.78 is 34.1. The number of nitrogens with zero attached hydrogens (tertiary/aromatic N) is 3. The summed E-state index contributed by atoms with van der Waals surface area (Å²) in [6, 6.07) is 8.46. The molecular formula is C19H31N3O3S. The fourth-order valence-corrected chi connectivity index (χ4v) is 5.26. The van der Waals surface area contributed by atoms with Gasteiger partial charge in [0.15, 0.2) is 0 Å². The zero-order valence-corrected chi connectivity index (χ0v) is 16.9. The Kier molecular flexibility index (Phi) is 6.22. The molecule has 0 amide bonds. The molecule has 2 atom stereocenters. The molecule has 4 rings (SSSR count). The lowest BCUT2D eigenvalue weighted by molar-refractivity contribution is 0.111. The van der Waals surface area contributed by atoms with E-state index in [1.165, 1.54) is 9.87 Å². The molecule has 3 aliphatic heterocycles. The van der Waals surface area contributed by atoms with Crippen LogP contribution < -0.4 is 4.74 Å². The first-order valence-corrected chi connectivity index (χ1v) is 10.9. The van der Waals surface area contributed by atoms with Crippen molar-refractivity contribution >= 4 is 10.2 Å². The Morgan fingerprint density at radius 2 is 1.92 bits per heavy atom. The fraction of sp³-hybridized carbons (Fsp3) is 0.684. The minimum Gasteiger partial charge on any atom is -0.492 e. The van der Waals surface area contributed by atoms with Crippen molar-refractivity contribution in [3.8, 4) is 5.75 Å². The van der Waals surface area contributed by atoms with Crippen molar-refractivity contribution in [2.24, 2.45) is 5.92 Å². The van der Waals surface area contributed by atoms with E-state index in [2.05, 4.69) is 17.9 Å². The summed E-state index contributed by atoms with van der Waals surface area (Å²) in [6.45, 7) is 5.80. The summed E-state index contributed by atoms with van der Waals surface area (Å²) in [4.78, 5) is 2.42. The molecule has 1 aromatic carbocycles. The number of hydrogen-bond donors (Lipinski definition) is 0. The van der Waals surface area contributed by atoms with Gasteiger partial charge in [-0.3, -0.25) is 4.90 Å². The minimum atomic E-state index is -3.34. The number of piperidine rings is 1. The molecule has 26 heavy (non-hydrogen) atoms. The first-order valence-electron chi connectivity index (χ1n) is 9.54. The highest BCUT2D eigenvalue weighted by Crippen LogP contribution is 2.29. The quantitative estimate of drug-likeness (QED) is 0.723. The highest BCUT2D eigenvalue weighted by Gasteiger charge is 2.39. The van der Waals surface area contributed by atoms with Crippen LogP contribution in [0.25, 0.3) is 0 Å². The van der Waals surface area contributed by atoms with Crippen molar-refractivity contribution in [3.63, 3.8) is 0 Å². The molecule has 3 fully saturated rings. The third-order valence-electron chi connectivity index (χ3n) is 5.57. The lowest BCUT2D eigenvalue weighted by Crippen LogP contribution is -2.47. The van der Waals surface area contributed by atoms with Crippen molar-refractivity contribution in [1.82, 2.24) is 13.5 Å². The molecule has 0 spiro atoms. The maximum absolute atomic E-state index is 12.5. The normalized spacial score (nSPS) is 24.8. The van der Waals surface area contributed by atoms with Gasteiger partial charge >= 0.3 is 0 Å². The Bertz CT molecular complexity index is 708. The summed E-state index contributed by atoms with van der Waals surface area (Å²) in [5, 5.41) is 0. The Labute approximate surface area is 157 Å². The molecule has 7 heteroatoms. The van der Waals surface area contributed by atoms with Crippen molar-refractivity contribution in [2.75, 3.05) is 46.9 Å². The molecule has 3 saturated heterocycles. The molecular weight excluding hydrogens is 350 g/mol. The Morgan fingerprint density at radius 1 is 1.15 bits per heavy atom. The zero-order chi connectivity index (χ0) is 18.7. The van der Waals surface area contributed by atoms with Crippen molar-refractivity contribution in [3.05, 3.63) is 29.8 Å². The predicted molar refractivity (Wildman–Crippen MR) is 104 cm³/mol. The number of fused-ring (bicyclic) bond motifs is 4. The Balaban J connectivity index is 1.60. The van der Waals surface area contributed by atoms with Crippen LogP contribution in [-0.4, -0.2) is 74.9 Å². The third-order valence-corrected chi connectivity index (χ3v) is 7.44. The second-order valence-corrected chi connectivity index (χ2v) is 9.65. The van der Waals surface area contributed by atoms with Crippen LogP contribution in [0.2, 0.25) is 0 Å². The number of para-hydroxylation sites is 1. The summed E-state index contributed by atoms with van der Waals surface area (Å²) >= 11 is 0. The van der Waals surface area contributed by atoms with Gasteiger partial charge in [0.1, 0.15) is 12.4 Å². The van der Waals surface area contributed by atoms with E-state index in [-0.39, 0.29) is 6.04 Å². The van der Waals surface area contributed by atoms with Crippen molar-refractivity contribution < 1.29 is 13.2 Å². The van der Waals surface area contributed by atoms with Gasteiger partial charge in [0.2, 0.25) is 0 Å². The maximum atomic E-state index is 12.5. The first kappa shape index (κ1) is 19.6. The fourth-order valence-electron chi connectivity index (χ4n) is 4.04. The standard InChI is InChI=1S/C19H31N3O3S/c1-4-17-7-5-6-8-19(17)25-12-11-21-13-16-9-10-18(21)15-22(14-16)26(23,24)20(2)3/h5-8,16,18H,4,9-15H2,1-3H3/t16-,18-/m1/s1. The summed E-state index contributed by atoms with van der Waals surface area (Å²) in [6.07, 6.45) is 3.14. The molecule has 3 heterocycles. The predicted octanol–water partition coefficient (Wildman–Crippen LogP) is 1.83. The van der Waals surface area contributed by atoms with Crippen LogP contribution in [0, 0.1) is 5.92 Å². The molecule has 0 aliphatic carbocycles. The molecule has 0 saturated carbocycles. The van der Waals surface area contributed by atoms with Crippen molar-refractivity contribution in [2.45, 2.75) is 32.2 Å². The molecule has 3 aliphatic rings. The number of benzene rings is 1. The highest BCUT2D eigenvalue weighted by molar-refractivity contribution is 7.86. The average molecular weight is 382 g/mol. The van der Waals surface area contributed by atoms with Gasteiger partial charge in [0, 0.05) is 46.3 Å². The molecule has 0 unspecified atom stereocenters. The SMILES string of the molecule is CCc1ccccc1OCCN1C[C@H]2CC[C@@H]1CN(S(=O)(=O)N(C)C)C2. The summed E-state index contributed by atoms with van der Waals surface area (Å²) in [5.74, 6) is 1.37. The van der Waals surface area contributed by atoms with E-state index in [9.17, 15) is 8.42 Å². The number of ether oxygens (including phenoxy) is 1. The number of hydrogen-bond acceptors (Lipinski definition) is 4. The van der Waals surface area contributed by atoms with E-state index in [0.29, 0.717) is 25.6 Å². The molecule has 6 nitrogen and oxygen atoms in total. The lowest BCUT2D eigenvalue weighted by Gasteiger charge is -2.36. The molecule has 0 N–H and O–H groups in total. The third kappa shape index (κ3) is 4.22. The molecule has 0 radical (unpaired) electrons. The van der Waals surface area contributed by atoms with Gasteiger partial charge in [-0.05, 0) is 36.8 Å². The van der Waals surface area contributed by atoms with Gasteiger partial charge in [0.25, 0.3) is 10.2 Å². The lowest BCUT2D eigenvalue weighted by atomic mass is 9.95. The number of rotatable bonds is 7. The molecule has 1 aromatic rings. The molecule has 0 aromatic heterocycles. The van der Waals surface area contributed by atoms with Crippen LogP contribution in [0.5, 0.6) is 5.75 Å². The van der Waals surface area contributed by atoms with Gasteiger partial charge in [-0.15, -0.1) is 0 Å². The topological polar surface area (TPSA) is 53.1 Å². The highest BCUT2D eigenvalue weighted by atomic mass is 32.2. The van der Waals surface area contributed by atoms with Gasteiger partial charge in [-0.2, -0.15) is 17.0 Å². The zero-order valence-electron chi connectivity index (χ0n) is 16.1. The van der Waals surface area contributed by atoms with Crippen LogP contribution in [0.1, 0.15) is 25.3 Å².